The third-order valence-electron chi connectivity index (χ3n) is 1.91. The van der Waals surface area contributed by atoms with E-state index in [9.17, 15) is 9.18 Å². The van der Waals surface area contributed by atoms with Crippen LogP contribution in [0.2, 0.25) is 0 Å². The van der Waals surface area contributed by atoms with Crippen LogP contribution in [0.5, 0.6) is 5.75 Å². The largest absolute Gasteiger partial charge is 0.496 e. The molecule has 0 aliphatic rings. The Morgan fingerprint density at radius 2 is 2.00 bits per heavy atom. The minimum atomic E-state index is -0.582. The van der Waals surface area contributed by atoms with E-state index in [1.165, 1.54) is 19.2 Å². The van der Waals surface area contributed by atoms with E-state index in [4.69, 9.17) is 4.74 Å². The lowest BCUT2D eigenvalue weighted by Gasteiger charge is -2.21. The second-order valence-electron chi connectivity index (χ2n) is 4.52. The second-order valence-corrected chi connectivity index (χ2v) is 4.52. The number of carbonyl (C=O) groups excluding carboxylic acids is 1. The van der Waals surface area contributed by atoms with Gasteiger partial charge in [0.1, 0.15) is 17.1 Å². The molecule has 1 amide bonds. The first kappa shape index (κ1) is 12.5. The van der Waals surface area contributed by atoms with Gasteiger partial charge in [0.15, 0.2) is 0 Å². The Balaban J connectivity index is 3.08. The van der Waals surface area contributed by atoms with Gasteiger partial charge in [0, 0.05) is 5.54 Å². The summed E-state index contributed by atoms with van der Waals surface area (Å²) in [6.07, 6.45) is 0. The van der Waals surface area contributed by atoms with Crippen LogP contribution >= 0.6 is 0 Å². The van der Waals surface area contributed by atoms with E-state index in [-0.39, 0.29) is 11.3 Å². The summed E-state index contributed by atoms with van der Waals surface area (Å²) in [7, 11) is 1.41. The summed E-state index contributed by atoms with van der Waals surface area (Å²) >= 11 is 0. The molecule has 88 valence electrons. The molecule has 0 aliphatic carbocycles. The predicted molar refractivity (Wildman–Crippen MR) is 60.2 cm³/mol. The molecule has 4 heteroatoms. The molecule has 0 aromatic heterocycles. The number of amides is 1. The quantitative estimate of drug-likeness (QED) is 0.839. The van der Waals surface area contributed by atoms with Gasteiger partial charge in [0.05, 0.1) is 7.11 Å². The average molecular weight is 225 g/mol. The number of benzene rings is 1. The molecule has 0 atom stereocenters. The zero-order chi connectivity index (χ0) is 12.3. The molecule has 1 rings (SSSR count). The van der Waals surface area contributed by atoms with Gasteiger partial charge in [-0.05, 0) is 32.9 Å². The summed E-state index contributed by atoms with van der Waals surface area (Å²) in [5, 5.41) is 2.69. The Kier molecular flexibility index (Phi) is 3.52. The fraction of sp³-hybridized carbons (Fsp3) is 0.417. The van der Waals surface area contributed by atoms with Crippen molar-refractivity contribution in [3.05, 3.63) is 29.6 Å². The summed E-state index contributed by atoms with van der Waals surface area (Å²) in [6, 6.07) is 4.29. The van der Waals surface area contributed by atoms with E-state index >= 15 is 0 Å². The van der Waals surface area contributed by atoms with Crippen LogP contribution in [0.1, 0.15) is 31.1 Å². The Morgan fingerprint density at radius 1 is 1.38 bits per heavy atom. The summed E-state index contributed by atoms with van der Waals surface area (Å²) in [5.74, 6) is -0.815. The number of hydrogen-bond acceptors (Lipinski definition) is 2. The van der Waals surface area contributed by atoms with Crippen molar-refractivity contribution in [1.82, 2.24) is 5.32 Å². The zero-order valence-electron chi connectivity index (χ0n) is 9.93. The van der Waals surface area contributed by atoms with Crippen LogP contribution in [-0.2, 0) is 0 Å². The zero-order valence-corrected chi connectivity index (χ0v) is 9.93. The highest BCUT2D eigenvalue weighted by atomic mass is 19.1. The van der Waals surface area contributed by atoms with Crippen molar-refractivity contribution in [1.29, 1.82) is 0 Å². The van der Waals surface area contributed by atoms with Crippen LogP contribution in [0, 0.1) is 5.82 Å². The van der Waals surface area contributed by atoms with Gasteiger partial charge in [-0.2, -0.15) is 0 Å². The third kappa shape index (κ3) is 2.95. The number of hydrogen-bond donors (Lipinski definition) is 1. The van der Waals surface area contributed by atoms with Crippen molar-refractivity contribution in [2.24, 2.45) is 0 Å². The van der Waals surface area contributed by atoms with Gasteiger partial charge in [-0.3, -0.25) is 4.79 Å². The van der Waals surface area contributed by atoms with Gasteiger partial charge in [0.25, 0.3) is 5.91 Å². The van der Waals surface area contributed by atoms with Crippen LogP contribution in [-0.4, -0.2) is 18.6 Å². The normalized spacial score (nSPS) is 11.1. The molecule has 0 radical (unpaired) electrons. The van der Waals surface area contributed by atoms with Crippen LogP contribution < -0.4 is 10.1 Å². The highest BCUT2D eigenvalue weighted by Crippen LogP contribution is 2.21. The van der Waals surface area contributed by atoms with E-state index < -0.39 is 17.3 Å². The van der Waals surface area contributed by atoms with Crippen LogP contribution in [0.15, 0.2) is 18.2 Å². The lowest BCUT2D eigenvalue weighted by Crippen LogP contribution is -2.41. The Hall–Kier alpha value is -1.58. The van der Waals surface area contributed by atoms with Gasteiger partial charge in [-0.15, -0.1) is 0 Å². The maximum Gasteiger partial charge on any atom is 0.258 e. The van der Waals surface area contributed by atoms with Crippen molar-refractivity contribution >= 4 is 5.91 Å². The predicted octanol–water partition coefficient (Wildman–Crippen LogP) is 2.36. The monoisotopic (exact) mass is 225 g/mol. The lowest BCUT2D eigenvalue weighted by molar-refractivity contribution is 0.0912. The van der Waals surface area contributed by atoms with Crippen LogP contribution in [0.4, 0.5) is 4.39 Å². The molecule has 0 saturated carbocycles. The number of ether oxygens (including phenoxy) is 1. The van der Waals surface area contributed by atoms with Gasteiger partial charge in [-0.25, -0.2) is 4.39 Å². The fourth-order valence-electron chi connectivity index (χ4n) is 1.30. The Morgan fingerprint density at radius 3 is 2.50 bits per heavy atom. The van der Waals surface area contributed by atoms with Crippen molar-refractivity contribution < 1.29 is 13.9 Å². The number of rotatable bonds is 2. The molecule has 0 fully saturated rings. The highest BCUT2D eigenvalue weighted by Gasteiger charge is 2.21. The molecule has 1 N–H and O–H groups in total. The van der Waals surface area contributed by atoms with E-state index in [2.05, 4.69) is 5.32 Å². The molecule has 0 aliphatic heterocycles. The van der Waals surface area contributed by atoms with Crippen molar-refractivity contribution in [3.8, 4) is 5.75 Å². The van der Waals surface area contributed by atoms with Gasteiger partial charge in [0.2, 0.25) is 0 Å². The Bertz CT molecular complexity index is 396. The fourth-order valence-corrected chi connectivity index (χ4v) is 1.30. The summed E-state index contributed by atoms with van der Waals surface area (Å²) < 4.78 is 18.5. The average Bonchev–Trinajstić information content (AvgIpc) is 2.14. The minimum absolute atomic E-state index is 0.0556. The first-order valence-electron chi connectivity index (χ1n) is 5.00. The van der Waals surface area contributed by atoms with Gasteiger partial charge >= 0.3 is 0 Å². The molecular formula is C12H16FNO2. The highest BCUT2D eigenvalue weighted by molar-refractivity contribution is 5.97. The number of methoxy groups -OCH3 is 1. The number of halogens is 1. The molecule has 16 heavy (non-hydrogen) atoms. The smallest absolute Gasteiger partial charge is 0.258 e. The molecule has 0 spiro atoms. The van der Waals surface area contributed by atoms with Crippen molar-refractivity contribution in [2.75, 3.05) is 7.11 Å². The molecule has 3 nitrogen and oxygen atoms in total. The maximum absolute atomic E-state index is 13.5. The minimum Gasteiger partial charge on any atom is -0.496 e. The summed E-state index contributed by atoms with van der Waals surface area (Å²) in [5.41, 5.74) is -0.468. The van der Waals surface area contributed by atoms with Crippen molar-refractivity contribution in [2.45, 2.75) is 26.3 Å². The second kappa shape index (κ2) is 4.51. The molecule has 1 aromatic carbocycles. The molecule has 1 aromatic rings. The molecule has 0 heterocycles. The third-order valence-corrected chi connectivity index (χ3v) is 1.91. The van der Waals surface area contributed by atoms with Crippen LogP contribution in [0.25, 0.3) is 0 Å². The topological polar surface area (TPSA) is 38.3 Å². The molecule has 0 saturated heterocycles. The van der Waals surface area contributed by atoms with Gasteiger partial charge in [-0.1, -0.05) is 6.07 Å². The SMILES string of the molecule is COc1cccc(F)c1C(=O)NC(C)(C)C. The van der Waals surface area contributed by atoms with E-state index in [0.29, 0.717) is 0 Å². The van der Waals surface area contributed by atoms with E-state index in [0.717, 1.165) is 0 Å². The number of carbonyl (C=O) groups is 1. The lowest BCUT2D eigenvalue weighted by atomic mass is 10.1. The van der Waals surface area contributed by atoms with Crippen molar-refractivity contribution in [3.63, 3.8) is 0 Å². The Labute approximate surface area is 94.6 Å². The van der Waals surface area contributed by atoms with E-state index in [1.807, 2.05) is 20.8 Å². The molecule has 0 unspecified atom stereocenters. The van der Waals surface area contributed by atoms with Gasteiger partial charge < -0.3 is 10.1 Å². The molecule has 0 bridgehead atoms. The van der Waals surface area contributed by atoms with Crippen LogP contribution in [0.3, 0.4) is 0 Å². The standard InChI is InChI=1S/C12H16FNO2/c1-12(2,3)14-11(15)10-8(13)6-5-7-9(10)16-4/h5-7H,1-4H3,(H,14,15). The first-order valence-corrected chi connectivity index (χ1v) is 5.00. The summed E-state index contributed by atoms with van der Waals surface area (Å²) in [6.45, 7) is 5.49. The van der Waals surface area contributed by atoms with E-state index in [1.54, 1.807) is 6.07 Å². The molecular weight excluding hydrogens is 209 g/mol. The first-order chi connectivity index (χ1) is 7.35. The summed E-state index contributed by atoms with van der Waals surface area (Å²) in [4.78, 5) is 11.8. The number of nitrogens with one attached hydrogen (secondary N) is 1. The maximum atomic E-state index is 13.5.